The van der Waals surface area contributed by atoms with E-state index < -0.39 is 0 Å². The minimum Gasteiger partial charge on any atom is -0.333 e. The zero-order valence-corrected chi connectivity index (χ0v) is 10.6. The van der Waals surface area contributed by atoms with E-state index in [-0.39, 0.29) is 10.3 Å². The molecule has 0 spiro atoms. The molecule has 3 aromatic rings. The summed E-state index contributed by atoms with van der Waals surface area (Å²) in [6.45, 7) is 0. The van der Waals surface area contributed by atoms with Crippen molar-refractivity contribution in [2.75, 3.05) is 0 Å². The zero-order chi connectivity index (χ0) is 13.2. The second kappa shape index (κ2) is 4.66. The summed E-state index contributed by atoms with van der Waals surface area (Å²) in [5, 5.41) is 0. The topological polar surface area (TPSA) is 77.3 Å². The summed E-state index contributed by atoms with van der Waals surface area (Å²) in [4.78, 5) is 24.2. The highest BCUT2D eigenvalue weighted by molar-refractivity contribution is 7.71. The van der Waals surface area contributed by atoms with Crippen LogP contribution in [0.25, 0.3) is 23.3 Å². The van der Waals surface area contributed by atoms with Crippen molar-refractivity contribution in [2.24, 2.45) is 0 Å². The Hall–Kier alpha value is -2.47. The summed E-state index contributed by atoms with van der Waals surface area (Å²) in [7, 11) is 0. The van der Waals surface area contributed by atoms with E-state index in [0.29, 0.717) is 17.0 Å². The van der Waals surface area contributed by atoms with Gasteiger partial charge in [0.1, 0.15) is 11.3 Å². The molecule has 1 aromatic carbocycles. The molecule has 5 nitrogen and oxygen atoms in total. The fraction of sp³-hybridized carbons (Fsp3) is 0. The van der Waals surface area contributed by atoms with Gasteiger partial charge in [0.15, 0.2) is 10.4 Å². The summed E-state index contributed by atoms with van der Waals surface area (Å²) < 4.78 is 0.266. The molecule has 0 saturated heterocycles. The number of nitrogens with zero attached hydrogens (tertiary/aromatic N) is 1. The third-order valence-corrected chi connectivity index (χ3v) is 2.85. The maximum Gasteiger partial charge on any atom is 0.277 e. The van der Waals surface area contributed by atoms with E-state index in [1.54, 1.807) is 0 Å². The monoisotopic (exact) mass is 270 g/mol. The fourth-order valence-corrected chi connectivity index (χ4v) is 1.96. The van der Waals surface area contributed by atoms with Crippen LogP contribution in [0.4, 0.5) is 0 Å². The summed E-state index contributed by atoms with van der Waals surface area (Å²) in [5.74, 6) is 0.598. The van der Waals surface area contributed by atoms with Crippen LogP contribution in [-0.2, 0) is 0 Å². The van der Waals surface area contributed by atoms with Gasteiger partial charge in [-0.2, -0.15) is 0 Å². The number of aromatic nitrogens is 4. The van der Waals surface area contributed by atoms with E-state index in [9.17, 15) is 4.79 Å². The number of aromatic amines is 3. The maximum atomic E-state index is 11.6. The van der Waals surface area contributed by atoms with E-state index in [1.165, 1.54) is 0 Å². The fourth-order valence-electron chi connectivity index (χ4n) is 1.77. The van der Waals surface area contributed by atoms with Crippen LogP contribution in [-0.4, -0.2) is 19.9 Å². The molecule has 3 N–H and O–H groups in total. The highest BCUT2D eigenvalue weighted by Gasteiger charge is 2.04. The summed E-state index contributed by atoms with van der Waals surface area (Å²) in [5.41, 5.74) is 1.64. The van der Waals surface area contributed by atoms with Crippen molar-refractivity contribution in [2.45, 2.75) is 0 Å². The number of imidazole rings is 1. The standard InChI is InChI=1S/C13H10N4OS/c18-12-10-11(16-13(19)17-12)15-9(14-10)7-6-8-4-2-1-3-5-8/h1-7H,(H3,14,15,16,17,18,19)/b7-6+. The molecule has 0 fully saturated rings. The van der Waals surface area contributed by atoms with Gasteiger partial charge in [-0.15, -0.1) is 0 Å². The molecule has 0 aliphatic heterocycles. The first-order chi connectivity index (χ1) is 9.22. The highest BCUT2D eigenvalue weighted by Crippen LogP contribution is 2.08. The van der Waals surface area contributed by atoms with Crippen LogP contribution in [0, 0.1) is 4.77 Å². The van der Waals surface area contributed by atoms with Crippen LogP contribution in [0.5, 0.6) is 0 Å². The average Bonchev–Trinajstić information content (AvgIpc) is 2.81. The van der Waals surface area contributed by atoms with Crippen LogP contribution < -0.4 is 5.56 Å². The van der Waals surface area contributed by atoms with Gasteiger partial charge in [0, 0.05) is 0 Å². The smallest absolute Gasteiger partial charge is 0.277 e. The maximum absolute atomic E-state index is 11.6. The molecule has 0 saturated carbocycles. The molecule has 0 atom stereocenters. The number of hydrogen-bond donors (Lipinski definition) is 3. The normalized spacial score (nSPS) is 11.4. The molecular formula is C13H10N4OS. The van der Waals surface area contributed by atoms with Gasteiger partial charge in [-0.05, 0) is 23.9 Å². The van der Waals surface area contributed by atoms with Crippen molar-refractivity contribution in [3.05, 3.63) is 56.8 Å². The lowest BCUT2D eigenvalue weighted by Crippen LogP contribution is -2.07. The van der Waals surface area contributed by atoms with Crippen LogP contribution in [0.2, 0.25) is 0 Å². The van der Waals surface area contributed by atoms with E-state index in [0.717, 1.165) is 5.56 Å². The Bertz CT molecular complexity index is 857. The van der Waals surface area contributed by atoms with Crippen molar-refractivity contribution in [1.29, 1.82) is 0 Å². The summed E-state index contributed by atoms with van der Waals surface area (Å²) in [6.07, 6.45) is 3.73. The SMILES string of the molecule is O=c1[nH]c(=S)[nH]c2nc(/C=C/c3ccccc3)[nH]c12. The van der Waals surface area contributed by atoms with Gasteiger partial charge in [0.2, 0.25) is 0 Å². The van der Waals surface area contributed by atoms with Gasteiger partial charge in [-0.1, -0.05) is 36.4 Å². The van der Waals surface area contributed by atoms with Gasteiger partial charge in [0.05, 0.1) is 0 Å². The Balaban J connectivity index is 2.03. The first kappa shape index (κ1) is 11.6. The van der Waals surface area contributed by atoms with Gasteiger partial charge < -0.3 is 9.97 Å². The zero-order valence-electron chi connectivity index (χ0n) is 9.81. The number of fused-ring (bicyclic) bond motifs is 1. The first-order valence-corrected chi connectivity index (χ1v) is 6.09. The van der Waals surface area contributed by atoms with E-state index >= 15 is 0 Å². The lowest BCUT2D eigenvalue weighted by molar-refractivity contribution is 1.12. The molecule has 2 aromatic heterocycles. The number of H-pyrrole nitrogens is 3. The number of hydrogen-bond acceptors (Lipinski definition) is 3. The average molecular weight is 270 g/mol. The Morgan fingerprint density at radius 2 is 1.84 bits per heavy atom. The number of benzene rings is 1. The predicted molar refractivity (Wildman–Crippen MR) is 77.3 cm³/mol. The summed E-state index contributed by atoms with van der Waals surface area (Å²) in [6, 6.07) is 9.84. The van der Waals surface area contributed by atoms with Crippen molar-refractivity contribution in [3.8, 4) is 0 Å². The minimum atomic E-state index is -0.273. The van der Waals surface area contributed by atoms with Gasteiger partial charge in [0.25, 0.3) is 5.56 Å². The van der Waals surface area contributed by atoms with Crippen LogP contribution >= 0.6 is 12.2 Å². The molecule has 19 heavy (non-hydrogen) atoms. The van der Waals surface area contributed by atoms with Crippen LogP contribution in [0.15, 0.2) is 35.1 Å². The molecule has 0 aliphatic carbocycles. The second-order valence-electron chi connectivity index (χ2n) is 4.00. The van der Waals surface area contributed by atoms with Crippen molar-refractivity contribution >= 4 is 35.5 Å². The summed E-state index contributed by atoms with van der Waals surface area (Å²) >= 11 is 4.89. The largest absolute Gasteiger partial charge is 0.333 e. The number of rotatable bonds is 2. The molecule has 3 rings (SSSR count). The molecule has 0 bridgehead atoms. The van der Waals surface area contributed by atoms with Crippen molar-refractivity contribution in [3.63, 3.8) is 0 Å². The highest BCUT2D eigenvalue weighted by atomic mass is 32.1. The predicted octanol–water partition coefficient (Wildman–Crippen LogP) is 2.48. The van der Waals surface area contributed by atoms with Gasteiger partial charge in [-0.25, -0.2) is 4.98 Å². The lowest BCUT2D eigenvalue weighted by atomic mass is 10.2. The van der Waals surface area contributed by atoms with E-state index in [2.05, 4.69) is 19.9 Å². The molecule has 0 amide bonds. The molecule has 6 heteroatoms. The third-order valence-electron chi connectivity index (χ3n) is 2.64. The first-order valence-electron chi connectivity index (χ1n) is 5.68. The number of nitrogens with one attached hydrogen (secondary N) is 3. The third kappa shape index (κ3) is 2.38. The van der Waals surface area contributed by atoms with Crippen LogP contribution in [0.1, 0.15) is 11.4 Å². The minimum absolute atomic E-state index is 0.266. The molecule has 0 radical (unpaired) electrons. The Morgan fingerprint density at radius 3 is 2.63 bits per heavy atom. The van der Waals surface area contributed by atoms with Gasteiger partial charge >= 0.3 is 0 Å². The van der Waals surface area contributed by atoms with Crippen LogP contribution in [0.3, 0.4) is 0 Å². The van der Waals surface area contributed by atoms with Gasteiger partial charge in [-0.3, -0.25) is 9.78 Å². The molecular weight excluding hydrogens is 260 g/mol. The molecule has 2 heterocycles. The molecule has 0 unspecified atom stereocenters. The Morgan fingerprint density at radius 1 is 1.05 bits per heavy atom. The van der Waals surface area contributed by atoms with Crippen molar-refractivity contribution in [1.82, 2.24) is 19.9 Å². The molecule has 94 valence electrons. The Kier molecular flexibility index (Phi) is 2.85. The second-order valence-corrected chi connectivity index (χ2v) is 4.41. The van der Waals surface area contributed by atoms with E-state index in [1.807, 2.05) is 42.5 Å². The Labute approximate surface area is 113 Å². The quantitative estimate of drug-likeness (QED) is 0.626. The lowest BCUT2D eigenvalue weighted by Gasteiger charge is -1.89. The molecule has 0 aliphatic rings. The van der Waals surface area contributed by atoms with E-state index in [4.69, 9.17) is 12.2 Å². The van der Waals surface area contributed by atoms with Crippen molar-refractivity contribution < 1.29 is 0 Å².